The lowest BCUT2D eigenvalue weighted by Gasteiger charge is -2.16. The Bertz CT molecular complexity index is 1980. The van der Waals surface area contributed by atoms with Crippen molar-refractivity contribution in [3.63, 3.8) is 0 Å². The molecular weight excluding hydrogens is 563 g/mol. The SMILES string of the molecule is O=c1nc(Nc2cc(Cl)cc3nn4c(c23)CCC4)n(Cc2cc(F)c(F)cc2F)c(=O)n1Cc1ncn(C2CC2)n1. The lowest BCUT2D eigenvalue weighted by atomic mass is 10.1. The van der Waals surface area contributed by atoms with Crippen LogP contribution in [0.4, 0.5) is 24.8 Å². The molecule has 2 aromatic carbocycles. The van der Waals surface area contributed by atoms with Gasteiger partial charge in [-0.25, -0.2) is 37.0 Å². The van der Waals surface area contributed by atoms with Crippen LogP contribution in [0.1, 0.15) is 42.4 Å². The van der Waals surface area contributed by atoms with Crippen molar-refractivity contribution in [1.29, 1.82) is 0 Å². The summed E-state index contributed by atoms with van der Waals surface area (Å²) < 4.78 is 47.7. The van der Waals surface area contributed by atoms with E-state index in [1.807, 2.05) is 4.68 Å². The van der Waals surface area contributed by atoms with E-state index in [2.05, 4.69) is 25.5 Å². The first-order valence-corrected chi connectivity index (χ1v) is 13.3. The molecule has 0 bridgehead atoms. The minimum atomic E-state index is -1.37. The fraction of sp³-hybridized carbons (Fsp3) is 0.308. The average Bonchev–Trinajstić information content (AvgIpc) is 3.32. The number of hydrogen-bond acceptors (Lipinski definition) is 7. The molecule has 0 atom stereocenters. The van der Waals surface area contributed by atoms with E-state index in [4.69, 9.17) is 11.6 Å². The molecule has 3 aromatic heterocycles. The number of rotatable bonds is 7. The predicted molar refractivity (Wildman–Crippen MR) is 142 cm³/mol. The number of nitrogens with one attached hydrogen (secondary N) is 1. The highest BCUT2D eigenvalue weighted by atomic mass is 35.5. The molecule has 1 N–H and O–H groups in total. The number of nitrogens with zero attached hydrogens (tertiary/aromatic N) is 8. The van der Waals surface area contributed by atoms with Gasteiger partial charge in [-0.2, -0.15) is 15.2 Å². The van der Waals surface area contributed by atoms with Gasteiger partial charge in [0.05, 0.1) is 30.3 Å². The summed E-state index contributed by atoms with van der Waals surface area (Å²) in [5.41, 5.74) is -0.103. The normalized spacial score (nSPS) is 14.6. The second-order valence-electron chi connectivity index (χ2n) is 10.1. The quantitative estimate of drug-likeness (QED) is 0.291. The third-order valence-corrected chi connectivity index (χ3v) is 7.50. The third-order valence-electron chi connectivity index (χ3n) is 7.29. The average molecular weight is 584 g/mol. The first-order chi connectivity index (χ1) is 19.7. The maximum atomic E-state index is 14.7. The monoisotopic (exact) mass is 583 g/mol. The Balaban J connectivity index is 1.36. The van der Waals surface area contributed by atoms with Crippen LogP contribution in [0, 0.1) is 17.5 Å². The Hall–Kier alpha value is -4.46. The van der Waals surface area contributed by atoms with Crippen molar-refractivity contribution in [2.24, 2.45) is 0 Å². The molecule has 1 aliphatic heterocycles. The molecular formula is C26H21ClF3N9O2. The first kappa shape index (κ1) is 25.5. The van der Waals surface area contributed by atoms with Crippen LogP contribution in [0.2, 0.25) is 5.02 Å². The molecule has 1 aliphatic carbocycles. The fourth-order valence-corrected chi connectivity index (χ4v) is 5.36. The maximum Gasteiger partial charge on any atom is 0.355 e. The van der Waals surface area contributed by atoms with Gasteiger partial charge in [-0.05, 0) is 43.9 Å². The highest BCUT2D eigenvalue weighted by Crippen LogP contribution is 2.35. The molecule has 0 unspecified atom stereocenters. The number of aromatic nitrogens is 8. The molecule has 1 saturated carbocycles. The van der Waals surface area contributed by atoms with Crippen molar-refractivity contribution in [1.82, 2.24) is 38.7 Å². The molecule has 1 fully saturated rings. The minimum Gasteiger partial charge on any atom is -0.325 e. The van der Waals surface area contributed by atoms with Gasteiger partial charge >= 0.3 is 11.4 Å². The molecule has 210 valence electrons. The van der Waals surface area contributed by atoms with Crippen molar-refractivity contribution in [3.05, 3.63) is 91.1 Å². The molecule has 0 amide bonds. The van der Waals surface area contributed by atoms with E-state index in [1.54, 1.807) is 16.8 Å². The second kappa shape index (κ2) is 9.58. The lowest BCUT2D eigenvalue weighted by molar-refractivity contribution is 0.485. The molecule has 2 aliphatic rings. The Morgan fingerprint density at radius 2 is 1.78 bits per heavy atom. The largest absolute Gasteiger partial charge is 0.355 e. The standard InChI is InChI=1S/C26H21ClF3N9O2/c27-14-7-19(23-20(8-14)34-38-5-1-2-21(23)38)32-24-33-25(40)37(11-22-31-12-39(35-22)15-3-4-15)26(41)36(24)10-13-6-17(29)18(30)9-16(13)28/h6-9,12,15H,1-5,10-11H2,(H,32,33,40). The summed E-state index contributed by atoms with van der Waals surface area (Å²) >= 11 is 6.36. The van der Waals surface area contributed by atoms with Gasteiger partial charge in [0.25, 0.3) is 0 Å². The molecule has 5 aromatic rings. The van der Waals surface area contributed by atoms with Crippen LogP contribution in [0.25, 0.3) is 10.9 Å². The molecule has 4 heterocycles. The van der Waals surface area contributed by atoms with Gasteiger partial charge in [-0.15, -0.1) is 0 Å². The van der Waals surface area contributed by atoms with Gasteiger partial charge in [-0.1, -0.05) is 11.6 Å². The van der Waals surface area contributed by atoms with Gasteiger partial charge in [-0.3, -0.25) is 9.25 Å². The van der Waals surface area contributed by atoms with E-state index in [0.29, 0.717) is 28.4 Å². The first-order valence-electron chi connectivity index (χ1n) is 13.0. The highest BCUT2D eigenvalue weighted by Gasteiger charge is 2.26. The molecule has 15 heteroatoms. The maximum absolute atomic E-state index is 14.7. The van der Waals surface area contributed by atoms with Crippen LogP contribution in [-0.2, 0) is 26.1 Å². The van der Waals surface area contributed by atoms with E-state index < -0.39 is 35.4 Å². The summed E-state index contributed by atoms with van der Waals surface area (Å²) in [6.07, 6.45) is 5.13. The number of fused-ring (bicyclic) bond motifs is 3. The van der Waals surface area contributed by atoms with Crippen LogP contribution in [0.5, 0.6) is 0 Å². The van der Waals surface area contributed by atoms with Crippen molar-refractivity contribution < 1.29 is 13.2 Å². The highest BCUT2D eigenvalue weighted by molar-refractivity contribution is 6.32. The predicted octanol–water partition coefficient (Wildman–Crippen LogP) is 3.54. The number of anilines is 2. The van der Waals surface area contributed by atoms with Crippen molar-refractivity contribution in [3.8, 4) is 0 Å². The Morgan fingerprint density at radius 3 is 2.59 bits per heavy atom. The van der Waals surface area contributed by atoms with E-state index in [-0.39, 0.29) is 29.9 Å². The summed E-state index contributed by atoms with van der Waals surface area (Å²) in [5, 5.41) is 13.0. The fourth-order valence-electron chi connectivity index (χ4n) is 5.15. The Labute approximate surface area is 233 Å². The van der Waals surface area contributed by atoms with Gasteiger partial charge in [0.1, 0.15) is 12.1 Å². The van der Waals surface area contributed by atoms with Gasteiger partial charge in [0.15, 0.2) is 17.5 Å². The van der Waals surface area contributed by atoms with Crippen LogP contribution < -0.4 is 16.7 Å². The second-order valence-corrected chi connectivity index (χ2v) is 10.6. The molecule has 11 nitrogen and oxygen atoms in total. The Kier molecular flexibility index (Phi) is 5.96. The van der Waals surface area contributed by atoms with Crippen LogP contribution in [0.3, 0.4) is 0 Å². The molecule has 0 radical (unpaired) electrons. The van der Waals surface area contributed by atoms with Crippen LogP contribution >= 0.6 is 11.6 Å². The van der Waals surface area contributed by atoms with Crippen LogP contribution in [0.15, 0.2) is 40.2 Å². The van der Waals surface area contributed by atoms with Gasteiger partial charge in [0, 0.05) is 34.3 Å². The number of halogens is 4. The smallest absolute Gasteiger partial charge is 0.325 e. The molecule has 41 heavy (non-hydrogen) atoms. The molecule has 7 rings (SSSR count). The summed E-state index contributed by atoms with van der Waals surface area (Å²) in [4.78, 5) is 35.2. The summed E-state index contributed by atoms with van der Waals surface area (Å²) in [6, 6.07) is 4.62. The summed E-state index contributed by atoms with van der Waals surface area (Å²) in [6.45, 7) is -0.111. The number of benzene rings is 2. The lowest BCUT2D eigenvalue weighted by Crippen LogP contribution is -2.43. The number of aryl methyl sites for hydroxylation is 2. The molecule has 0 saturated heterocycles. The summed E-state index contributed by atoms with van der Waals surface area (Å²) in [7, 11) is 0. The summed E-state index contributed by atoms with van der Waals surface area (Å²) in [5.74, 6) is -3.74. The minimum absolute atomic E-state index is 0.219. The van der Waals surface area contributed by atoms with E-state index in [1.165, 1.54) is 6.33 Å². The third kappa shape index (κ3) is 4.57. The Morgan fingerprint density at radius 1 is 0.976 bits per heavy atom. The van der Waals surface area contributed by atoms with E-state index in [0.717, 1.165) is 52.4 Å². The number of hydrogen-bond donors (Lipinski definition) is 1. The zero-order chi connectivity index (χ0) is 28.4. The zero-order valence-corrected chi connectivity index (χ0v) is 22.1. The van der Waals surface area contributed by atoms with E-state index >= 15 is 0 Å². The van der Waals surface area contributed by atoms with Crippen molar-refractivity contribution >= 4 is 34.1 Å². The molecule has 0 spiro atoms. The van der Waals surface area contributed by atoms with Crippen molar-refractivity contribution in [2.75, 3.05) is 5.32 Å². The zero-order valence-electron chi connectivity index (χ0n) is 21.3. The van der Waals surface area contributed by atoms with Gasteiger partial charge in [0.2, 0.25) is 5.95 Å². The topological polar surface area (TPSA) is 117 Å². The van der Waals surface area contributed by atoms with Crippen LogP contribution in [-0.4, -0.2) is 38.7 Å². The van der Waals surface area contributed by atoms with E-state index in [9.17, 15) is 22.8 Å². The van der Waals surface area contributed by atoms with Gasteiger partial charge < -0.3 is 5.32 Å². The van der Waals surface area contributed by atoms with Crippen molar-refractivity contribution in [2.45, 2.75) is 51.4 Å².